The molecule has 1 fully saturated rings. The smallest absolute Gasteiger partial charge is 0.164 e. The summed E-state index contributed by atoms with van der Waals surface area (Å²) in [6, 6.07) is 15.2. The maximum absolute atomic E-state index is 5.88. The fraction of sp³-hybridized carbons (Fsp3) is 0.455. The van der Waals surface area contributed by atoms with Crippen molar-refractivity contribution in [3.8, 4) is 17.2 Å². The van der Waals surface area contributed by atoms with Gasteiger partial charge in [-0.25, -0.2) is 0 Å². The van der Waals surface area contributed by atoms with E-state index in [-0.39, 0.29) is 0 Å². The lowest BCUT2D eigenvalue weighted by Crippen LogP contribution is -2.46. The first kappa shape index (κ1) is 18.1. The lowest BCUT2D eigenvalue weighted by atomic mass is 10.0. The molecule has 1 atom stereocenters. The Morgan fingerprint density at radius 2 is 1.78 bits per heavy atom. The van der Waals surface area contributed by atoms with Crippen LogP contribution in [0.5, 0.6) is 17.2 Å². The second-order valence-corrected chi connectivity index (χ2v) is 7.30. The molecule has 0 bridgehead atoms. The highest BCUT2D eigenvalue weighted by molar-refractivity contribution is 5.51. The molecule has 0 unspecified atom stereocenters. The molecule has 4 rings (SSSR count). The van der Waals surface area contributed by atoms with Crippen LogP contribution in [0.2, 0.25) is 0 Å². The van der Waals surface area contributed by atoms with E-state index >= 15 is 0 Å². The van der Waals surface area contributed by atoms with Crippen molar-refractivity contribution < 1.29 is 14.2 Å². The van der Waals surface area contributed by atoms with E-state index in [1.807, 2.05) is 6.07 Å². The van der Waals surface area contributed by atoms with Gasteiger partial charge in [-0.05, 0) is 18.7 Å². The van der Waals surface area contributed by atoms with Gasteiger partial charge in [0.2, 0.25) is 0 Å². The average molecular weight is 368 g/mol. The van der Waals surface area contributed by atoms with Crippen LogP contribution in [0.15, 0.2) is 42.5 Å². The normalized spacial score (nSPS) is 20.9. The number of ether oxygens (including phenoxy) is 3. The largest absolute Gasteiger partial charge is 0.496 e. The van der Waals surface area contributed by atoms with Crippen LogP contribution in [0.4, 0.5) is 0 Å². The average Bonchev–Trinajstić information content (AvgIpc) is 2.94. The molecule has 2 aromatic carbocycles. The minimum absolute atomic E-state index is 0.409. The molecule has 2 aliphatic rings. The van der Waals surface area contributed by atoms with Crippen LogP contribution in [-0.4, -0.2) is 56.8 Å². The lowest BCUT2D eigenvalue weighted by molar-refractivity contribution is 0.0898. The van der Waals surface area contributed by atoms with Gasteiger partial charge in [0.25, 0.3) is 0 Å². The number of benzene rings is 2. The van der Waals surface area contributed by atoms with E-state index in [9.17, 15) is 0 Å². The number of piperazine rings is 1. The third kappa shape index (κ3) is 4.04. The summed E-state index contributed by atoms with van der Waals surface area (Å²) < 4.78 is 17.3. The van der Waals surface area contributed by atoms with Gasteiger partial charge >= 0.3 is 0 Å². The van der Waals surface area contributed by atoms with E-state index in [1.165, 1.54) is 5.56 Å². The van der Waals surface area contributed by atoms with Gasteiger partial charge in [-0.2, -0.15) is 0 Å². The van der Waals surface area contributed by atoms with E-state index in [0.29, 0.717) is 19.3 Å². The number of methoxy groups -OCH3 is 1. The van der Waals surface area contributed by atoms with Crippen LogP contribution in [0, 0.1) is 0 Å². The van der Waals surface area contributed by atoms with Crippen molar-refractivity contribution in [3.05, 3.63) is 53.6 Å². The third-order valence-corrected chi connectivity index (χ3v) is 5.46. The zero-order valence-corrected chi connectivity index (χ0v) is 16.2. The van der Waals surface area contributed by atoms with Crippen LogP contribution in [0.3, 0.4) is 0 Å². The number of likely N-dealkylation sites (N-methyl/N-ethyl adjacent to an activating group) is 1. The predicted molar refractivity (Wildman–Crippen MR) is 106 cm³/mol. The number of hydrogen-bond donors (Lipinski definition) is 0. The second-order valence-electron chi connectivity index (χ2n) is 7.30. The van der Waals surface area contributed by atoms with Gasteiger partial charge in [0, 0.05) is 50.3 Å². The van der Waals surface area contributed by atoms with Crippen molar-refractivity contribution in [2.45, 2.75) is 19.0 Å². The standard InChI is InChI=1S/C22H28N2O3/c1-23-9-10-24(16-19(23)17-7-4-3-5-8-17)15-18-13-21-22(14-20(18)25-2)27-12-6-11-26-21/h3-5,7-8,13-14,19H,6,9-12,15-16H2,1-2H3/t19-/m1/s1. The summed E-state index contributed by atoms with van der Waals surface area (Å²) >= 11 is 0. The highest BCUT2D eigenvalue weighted by Gasteiger charge is 2.26. The van der Waals surface area contributed by atoms with E-state index in [4.69, 9.17) is 14.2 Å². The van der Waals surface area contributed by atoms with Crippen LogP contribution < -0.4 is 14.2 Å². The Morgan fingerprint density at radius 3 is 2.52 bits per heavy atom. The minimum Gasteiger partial charge on any atom is -0.496 e. The molecule has 2 aliphatic heterocycles. The number of rotatable bonds is 4. The third-order valence-electron chi connectivity index (χ3n) is 5.46. The number of fused-ring (bicyclic) bond motifs is 1. The molecule has 5 nitrogen and oxygen atoms in total. The summed E-state index contributed by atoms with van der Waals surface area (Å²) in [6.07, 6.45) is 0.906. The van der Waals surface area contributed by atoms with Gasteiger partial charge in [0.15, 0.2) is 11.5 Å². The molecule has 0 N–H and O–H groups in total. The van der Waals surface area contributed by atoms with Crippen molar-refractivity contribution in [2.24, 2.45) is 0 Å². The highest BCUT2D eigenvalue weighted by atomic mass is 16.5. The Hall–Kier alpha value is -2.24. The highest BCUT2D eigenvalue weighted by Crippen LogP contribution is 2.37. The molecule has 0 spiro atoms. The zero-order chi connectivity index (χ0) is 18.6. The molecule has 0 saturated carbocycles. The quantitative estimate of drug-likeness (QED) is 0.827. The molecular formula is C22H28N2O3. The van der Waals surface area contributed by atoms with Gasteiger partial charge in [-0.1, -0.05) is 30.3 Å². The first-order valence-electron chi connectivity index (χ1n) is 9.68. The molecule has 27 heavy (non-hydrogen) atoms. The Morgan fingerprint density at radius 1 is 1.04 bits per heavy atom. The van der Waals surface area contributed by atoms with Crippen molar-refractivity contribution >= 4 is 0 Å². The maximum Gasteiger partial charge on any atom is 0.164 e. The predicted octanol–water partition coefficient (Wildman–Crippen LogP) is 3.35. The molecule has 0 aliphatic carbocycles. The van der Waals surface area contributed by atoms with Crippen molar-refractivity contribution in [3.63, 3.8) is 0 Å². The van der Waals surface area contributed by atoms with Crippen molar-refractivity contribution in [2.75, 3.05) is 47.0 Å². The van der Waals surface area contributed by atoms with E-state index in [0.717, 1.165) is 55.4 Å². The fourth-order valence-corrected chi connectivity index (χ4v) is 3.90. The first-order valence-corrected chi connectivity index (χ1v) is 9.68. The number of hydrogen-bond acceptors (Lipinski definition) is 5. The summed E-state index contributed by atoms with van der Waals surface area (Å²) in [7, 11) is 3.93. The molecule has 5 heteroatoms. The van der Waals surface area contributed by atoms with Crippen LogP contribution in [0.25, 0.3) is 0 Å². The maximum atomic E-state index is 5.88. The van der Waals surface area contributed by atoms with E-state index in [1.54, 1.807) is 7.11 Å². The monoisotopic (exact) mass is 368 g/mol. The molecule has 0 radical (unpaired) electrons. The molecule has 0 aromatic heterocycles. The summed E-state index contributed by atoms with van der Waals surface area (Å²) in [5, 5.41) is 0. The lowest BCUT2D eigenvalue weighted by Gasteiger charge is -2.40. The summed E-state index contributed by atoms with van der Waals surface area (Å²) in [4.78, 5) is 4.94. The number of nitrogens with zero attached hydrogens (tertiary/aromatic N) is 2. The molecule has 144 valence electrons. The van der Waals surface area contributed by atoms with Crippen molar-refractivity contribution in [1.29, 1.82) is 0 Å². The molecule has 2 heterocycles. The van der Waals surface area contributed by atoms with Crippen LogP contribution >= 0.6 is 0 Å². The van der Waals surface area contributed by atoms with E-state index < -0.39 is 0 Å². The summed E-state index contributed by atoms with van der Waals surface area (Å²) in [6.45, 7) is 5.31. The second kappa shape index (κ2) is 8.19. The Labute approximate surface area is 161 Å². The van der Waals surface area contributed by atoms with Crippen LogP contribution in [0.1, 0.15) is 23.6 Å². The Kier molecular flexibility index (Phi) is 5.50. The zero-order valence-electron chi connectivity index (χ0n) is 16.2. The fourth-order valence-electron chi connectivity index (χ4n) is 3.90. The van der Waals surface area contributed by atoms with Gasteiger partial charge < -0.3 is 14.2 Å². The summed E-state index contributed by atoms with van der Waals surface area (Å²) in [5.74, 6) is 2.49. The molecular weight excluding hydrogens is 340 g/mol. The first-order chi connectivity index (χ1) is 13.2. The SMILES string of the molecule is COc1cc2c(cc1CN1CCN(C)[C@@H](c3ccccc3)C1)OCCCO2. The topological polar surface area (TPSA) is 34.2 Å². The van der Waals surface area contributed by atoms with E-state index in [2.05, 4.69) is 53.2 Å². The van der Waals surface area contributed by atoms with Gasteiger partial charge in [-0.15, -0.1) is 0 Å². The minimum atomic E-state index is 0.409. The van der Waals surface area contributed by atoms with Gasteiger partial charge in [-0.3, -0.25) is 9.80 Å². The molecule has 2 aromatic rings. The van der Waals surface area contributed by atoms with Gasteiger partial charge in [0.1, 0.15) is 5.75 Å². The Bertz CT molecular complexity index is 766. The van der Waals surface area contributed by atoms with Crippen molar-refractivity contribution in [1.82, 2.24) is 9.80 Å². The van der Waals surface area contributed by atoms with Gasteiger partial charge in [0.05, 0.1) is 20.3 Å². The molecule has 1 saturated heterocycles. The molecule has 0 amide bonds. The summed E-state index contributed by atoms with van der Waals surface area (Å²) in [5.41, 5.74) is 2.52. The van der Waals surface area contributed by atoms with Crippen LogP contribution in [-0.2, 0) is 6.54 Å². The Balaban J connectivity index is 1.54.